The van der Waals surface area contributed by atoms with Crippen molar-refractivity contribution in [1.29, 1.82) is 0 Å². The number of hydrogen-bond acceptors (Lipinski definition) is 0. The van der Waals surface area contributed by atoms with Gasteiger partial charge < -0.3 is 0 Å². The molecule has 1 aliphatic rings. The first-order valence-electron chi connectivity index (χ1n) is 10.1. The molecule has 0 fully saturated rings. The summed E-state index contributed by atoms with van der Waals surface area (Å²) < 4.78 is 0. The number of benzene rings is 3. The predicted octanol–water partition coefficient (Wildman–Crippen LogP) is 7.29. The fourth-order valence-corrected chi connectivity index (χ4v) is 4.92. The second-order valence-corrected chi connectivity index (χ2v) is 8.66. The first kappa shape index (κ1) is 18.5. The van der Waals surface area contributed by atoms with E-state index >= 15 is 0 Å². The van der Waals surface area contributed by atoms with Crippen molar-refractivity contribution in [3.05, 3.63) is 126 Å². The normalized spacial score (nSPS) is 16.8. The Morgan fingerprint density at radius 2 is 1.07 bits per heavy atom. The van der Waals surface area contributed by atoms with E-state index in [9.17, 15) is 0 Å². The quantitative estimate of drug-likeness (QED) is 0.456. The number of rotatable bonds is 4. The zero-order valence-electron chi connectivity index (χ0n) is 17.0. The Bertz CT molecular complexity index is 931. The van der Waals surface area contributed by atoms with Gasteiger partial charge in [0.2, 0.25) is 0 Å². The van der Waals surface area contributed by atoms with Gasteiger partial charge in [0.15, 0.2) is 0 Å². The lowest BCUT2D eigenvalue weighted by Crippen LogP contribution is -2.46. The third-order valence-electron chi connectivity index (χ3n) is 6.09. The molecule has 0 heteroatoms. The fourth-order valence-electron chi connectivity index (χ4n) is 4.92. The van der Waals surface area contributed by atoms with E-state index < -0.39 is 0 Å². The largest absolute Gasteiger partial charge is 0.0757 e. The van der Waals surface area contributed by atoms with Crippen LogP contribution >= 0.6 is 0 Å². The molecule has 28 heavy (non-hydrogen) atoms. The van der Waals surface area contributed by atoms with Crippen molar-refractivity contribution in [3.8, 4) is 0 Å². The van der Waals surface area contributed by atoms with Crippen LogP contribution < -0.4 is 0 Å². The molecular formula is C28H28. The van der Waals surface area contributed by atoms with Crippen molar-refractivity contribution >= 4 is 5.57 Å². The van der Waals surface area contributed by atoms with Crippen LogP contribution in [0.25, 0.3) is 5.57 Å². The Morgan fingerprint density at radius 3 is 1.54 bits per heavy atom. The molecule has 0 radical (unpaired) electrons. The summed E-state index contributed by atoms with van der Waals surface area (Å²) in [6.07, 6.45) is 7.15. The predicted molar refractivity (Wildman–Crippen MR) is 120 cm³/mol. The van der Waals surface area contributed by atoms with Gasteiger partial charge in [0.25, 0.3) is 0 Å². The standard InChI is InChI=1S/C28H28/c1-27(2,3)28(24-15-9-5-10-16-24,25-17-11-6-12-18-25)26-20-19-23(21-26)22-13-7-4-8-14-22/h4-21,26H,1-3H3. The molecule has 0 amide bonds. The minimum absolute atomic E-state index is 0.0212. The van der Waals surface area contributed by atoms with Crippen molar-refractivity contribution in [2.24, 2.45) is 11.3 Å². The Balaban J connectivity index is 1.94. The van der Waals surface area contributed by atoms with Gasteiger partial charge in [-0.1, -0.05) is 130 Å². The Labute approximate surface area is 169 Å². The molecule has 3 aromatic carbocycles. The molecule has 0 saturated heterocycles. The minimum Gasteiger partial charge on any atom is -0.0757 e. The van der Waals surface area contributed by atoms with Crippen LogP contribution in [0.2, 0.25) is 0 Å². The lowest BCUT2D eigenvalue weighted by atomic mass is 9.53. The van der Waals surface area contributed by atoms with Crippen molar-refractivity contribution in [2.75, 3.05) is 0 Å². The summed E-state index contributed by atoms with van der Waals surface area (Å²) >= 11 is 0. The van der Waals surface area contributed by atoms with E-state index in [-0.39, 0.29) is 16.7 Å². The van der Waals surface area contributed by atoms with Gasteiger partial charge in [-0.3, -0.25) is 0 Å². The maximum Gasteiger partial charge on any atom is 0.0348 e. The van der Waals surface area contributed by atoms with Gasteiger partial charge in [0, 0.05) is 11.3 Å². The average Bonchev–Trinajstić information content (AvgIpc) is 3.20. The summed E-state index contributed by atoms with van der Waals surface area (Å²) in [6.45, 7) is 7.11. The van der Waals surface area contributed by atoms with E-state index in [0.717, 1.165) is 0 Å². The number of hydrogen-bond donors (Lipinski definition) is 0. The second kappa shape index (κ2) is 7.28. The summed E-state index contributed by atoms with van der Waals surface area (Å²) in [5.74, 6) is 0.285. The fraction of sp³-hybridized carbons (Fsp3) is 0.214. The highest BCUT2D eigenvalue weighted by Crippen LogP contribution is 2.54. The van der Waals surface area contributed by atoms with Crippen molar-refractivity contribution in [2.45, 2.75) is 26.2 Å². The Morgan fingerprint density at radius 1 is 0.607 bits per heavy atom. The molecule has 0 aromatic heterocycles. The van der Waals surface area contributed by atoms with Gasteiger partial charge in [-0.2, -0.15) is 0 Å². The van der Waals surface area contributed by atoms with E-state index in [1.54, 1.807) is 0 Å². The molecule has 1 atom stereocenters. The maximum atomic E-state index is 2.46. The number of allylic oxidation sites excluding steroid dienone is 4. The zero-order chi connectivity index (χ0) is 19.6. The van der Waals surface area contributed by atoms with Gasteiger partial charge in [-0.25, -0.2) is 0 Å². The van der Waals surface area contributed by atoms with Crippen LogP contribution in [-0.2, 0) is 5.41 Å². The first-order chi connectivity index (χ1) is 13.5. The summed E-state index contributed by atoms with van der Waals surface area (Å²) in [5, 5.41) is 0. The Hall–Kier alpha value is -2.86. The van der Waals surface area contributed by atoms with Crippen LogP contribution in [-0.4, -0.2) is 0 Å². The molecule has 0 N–H and O–H groups in total. The molecule has 0 bridgehead atoms. The first-order valence-corrected chi connectivity index (χ1v) is 10.1. The SMILES string of the molecule is CC(C)(C)C(c1ccccc1)(c1ccccc1)C1C=CC(c2ccccc2)=C1. The molecule has 0 heterocycles. The third-order valence-corrected chi connectivity index (χ3v) is 6.09. The van der Waals surface area contributed by atoms with Gasteiger partial charge in [0.1, 0.15) is 0 Å². The van der Waals surface area contributed by atoms with E-state index in [1.807, 2.05) is 0 Å². The third kappa shape index (κ3) is 3.03. The molecule has 0 spiro atoms. The summed E-state index contributed by atoms with van der Waals surface area (Å²) in [6, 6.07) is 32.7. The molecule has 0 nitrogen and oxygen atoms in total. The monoisotopic (exact) mass is 364 g/mol. The lowest BCUT2D eigenvalue weighted by molar-refractivity contribution is 0.195. The van der Waals surface area contributed by atoms with Gasteiger partial charge in [-0.05, 0) is 27.7 Å². The average molecular weight is 365 g/mol. The summed E-state index contributed by atoms with van der Waals surface area (Å²) in [7, 11) is 0. The van der Waals surface area contributed by atoms with E-state index in [1.165, 1.54) is 22.3 Å². The van der Waals surface area contributed by atoms with Crippen LogP contribution in [0.5, 0.6) is 0 Å². The summed E-state index contributed by atoms with van der Waals surface area (Å²) in [5.41, 5.74) is 5.20. The molecule has 4 rings (SSSR count). The highest BCUT2D eigenvalue weighted by molar-refractivity contribution is 5.77. The molecule has 1 unspecified atom stereocenters. The molecule has 1 aliphatic carbocycles. The van der Waals surface area contributed by atoms with E-state index in [4.69, 9.17) is 0 Å². The van der Waals surface area contributed by atoms with Crippen LogP contribution in [0, 0.1) is 11.3 Å². The summed E-state index contributed by atoms with van der Waals surface area (Å²) in [4.78, 5) is 0. The second-order valence-electron chi connectivity index (χ2n) is 8.66. The van der Waals surface area contributed by atoms with Crippen LogP contribution in [0.4, 0.5) is 0 Å². The van der Waals surface area contributed by atoms with Gasteiger partial charge >= 0.3 is 0 Å². The maximum absolute atomic E-state index is 2.46. The smallest absolute Gasteiger partial charge is 0.0348 e. The Kier molecular flexibility index (Phi) is 4.81. The molecule has 0 saturated carbocycles. The van der Waals surface area contributed by atoms with E-state index in [0.29, 0.717) is 0 Å². The molecule has 3 aromatic rings. The minimum atomic E-state index is -0.150. The lowest BCUT2D eigenvalue weighted by Gasteiger charge is -2.49. The van der Waals surface area contributed by atoms with Crippen LogP contribution in [0.1, 0.15) is 37.5 Å². The zero-order valence-corrected chi connectivity index (χ0v) is 17.0. The van der Waals surface area contributed by atoms with E-state index in [2.05, 4.69) is 130 Å². The van der Waals surface area contributed by atoms with Crippen molar-refractivity contribution in [3.63, 3.8) is 0 Å². The van der Waals surface area contributed by atoms with Crippen molar-refractivity contribution in [1.82, 2.24) is 0 Å². The molecule has 0 aliphatic heterocycles. The van der Waals surface area contributed by atoms with Gasteiger partial charge in [-0.15, -0.1) is 0 Å². The van der Waals surface area contributed by atoms with Gasteiger partial charge in [0.05, 0.1) is 0 Å². The molecule has 140 valence electrons. The van der Waals surface area contributed by atoms with Crippen molar-refractivity contribution < 1.29 is 0 Å². The topological polar surface area (TPSA) is 0 Å². The highest BCUT2D eigenvalue weighted by atomic mass is 14.5. The highest BCUT2D eigenvalue weighted by Gasteiger charge is 2.49. The van der Waals surface area contributed by atoms with Crippen LogP contribution in [0.15, 0.2) is 109 Å². The van der Waals surface area contributed by atoms with Crippen LogP contribution in [0.3, 0.4) is 0 Å². The molecular weight excluding hydrogens is 336 g/mol.